The van der Waals surface area contributed by atoms with E-state index in [0.29, 0.717) is 12.8 Å². The molecule has 5 nitrogen and oxygen atoms in total. The standard InChI is InChI=1S/C25H26O5/c1-29-25(28)24(30-18(17-27)11-5-3-2-4-10-16-26)23-21-14-8-6-12-19(21)20-13-7-9-15-22(20)23/h6-9,12-15,18,23-24H,2-5,10-11H2,1H3. The fourth-order valence-electron chi connectivity index (χ4n) is 4.12. The molecule has 0 saturated heterocycles. The molecule has 2 aromatic rings. The molecule has 30 heavy (non-hydrogen) atoms. The summed E-state index contributed by atoms with van der Waals surface area (Å²) in [4.78, 5) is 34.5. The quantitative estimate of drug-likeness (QED) is 0.389. The van der Waals surface area contributed by atoms with Gasteiger partial charge in [0.15, 0.2) is 12.4 Å². The maximum absolute atomic E-state index is 12.7. The van der Waals surface area contributed by atoms with Gasteiger partial charge in [-0.05, 0) is 35.1 Å². The van der Waals surface area contributed by atoms with Gasteiger partial charge in [-0.15, -0.1) is 0 Å². The summed E-state index contributed by atoms with van der Waals surface area (Å²) in [6.45, 7) is 0. The third-order valence-electron chi connectivity index (χ3n) is 5.56. The van der Waals surface area contributed by atoms with Crippen LogP contribution < -0.4 is 0 Å². The van der Waals surface area contributed by atoms with Crippen molar-refractivity contribution in [3.8, 4) is 11.1 Å². The molecular weight excluding hydrogens is 380 g/mol. The van der Waals surface area contributed by atoms with Crippen molar-refractivity contribution in [3.05, 3.63) is 59.7 Å². The summed E-state index contributed by atoms with van der Waals surface area (Å²) in [5, 5.41) is 0. The van der Waals surface area contributed by atoms with E-state index in [1.807, 2.05) is 61.1 Å². The normalized spacial score (nSPS) is 14.4. The van der Waals surface area contributed by atoms with Gasteiger partial charge in [-0.2, -0.15) is 0 Å². The molecule has 2 atom stereocenters. The van der Waals surface area contributed by atoms with Crippen LogP contribution in [0, 0.1) is 0 Å². The summed E-state index contributed by atoms with van der Waals surface area (Å²) in [5.74, 6) is -0.850. The Bertz CT molecular complexity index is 830. The van der Waals surface area contributed by atoms with Crippen molar-refractivity contribution in [2.24, 2.45) is 0 Å². The molecule has 0 bridgehead atoms. The molecule has 0 spiro atoms. The molecule has 2 aromatic carbocycles. The second-order valence-corrected chi connectivity index (χ2v) is 7.44. The lowest BCUT2D eigenvalue weighted by molar-refractivity contribution is -0.157. The van der Waals surface area contributed by atoms with Crippen molar-refractivity contribution in [1.29, 1.82) is 0 Å². The van der Waals surface area contributed by atoms with Crippen LogP contribution in [-0.4, -0.2) is 37.9 Å². The molecule has 2 unspecified atom stereocenters. The first-order valence-corrected chi connectivity index (χ1v) is 10.4. The van der Waals surface area contributed by atoms with E-state index in [0.717, 1.165) is 47.9 Å². The minimum atomic E-state index is -0.934. The monoisotopic (exact) mass is 406 g/mol. The minimum absolute atomic E-state index is 0.344. The minimum Gasteiger partial charge on any atom is -0.467 e. The SMILES string of the molecule is COC(=O)C(OC([C]=O)CCCCCC[C]=O)C1c2ccccc2-c2ccccc21. The van der Waals surface area contributed by atoms with Gasteiger partial charge in [-0.1, -0.05) is 67.8 Å². The first kappa shape index (κ1) is 21.9. The lowest BCUT2D eigenvalue weighted by Gasteiger charge is -2.26. The third-order valence-corrected chi connectivity index (χ3v) is 5.56. The van der Waals surface area contributed by atoms with E-state index < -0.39 is 18.2 Å². The number of rotatable bonds is 12. The number of esters is 1. The fraction of sp³-hybridized carbons (Fsp3) is 0.400. The summed E-state index contributed by atoms with van der Waals surface area (Å²) in [6.07, 6.45) is 6.30. The first-order chi connectivity index (χ1) is 14.7. The molecule has 0 N–H and O–H groups in total. The maximum atomic E-state index is 12.7. The number of fused-ring (bicyclic) bond motifs is 3. The highest BCUT2D eigenvalue weighted by Gasteiger charge is 2.40. The molecule has 5 heteroatoms. The van der Waals surface area contributed by atoms with Gasteiger partial charge < -0.3 is 9.47 Å². The number of carbonyl (C=O) groups is 1. The van der Waals surface area contributed by atoms with Gasteiger partial charge in [0.25, 0.3) is 0 Å². The lowest BCUT2D eigenvalue weighted by atomic mass is 9.91. The molecule has 2 radical (unpaired) electrons. The van der Waals surface area contributed by atoms with Crippen molar-refractivity contribution < 1.29 is 23.9 Å². The van der Waals surface area contributed by atoms with Gasteiger partial charge in [0, 0.05) is 12.3 Å². The van der Waals surface area contributed by atoms with E-state index in [2.05, 4.69) is 0 Å². The van der Waals surface area contributed by atoms with Crippen molar-refractivity contribution in [3.63, 3.8) is 0 Å². The zero-order valence-corrected chi connectivity index (χ0v) is 17.1. The highest BCUT2D eigenvalue weighted by atomic mass is 16.6. The fourth-order valence-corrected chi connectivity index (χ4v) is 4.12. The average molecular weight is 406 g/mol. The second-order valence-electron chi connectivity index (χ2n) is 7.44. The molecular formula is C25H26O5. The first-order valence-electron chi connectivity index (χ1n) is 10.4. The van der Waals surface area contributed by atoms with E-state index >= 15 is 0 Å². The molecule has 156 valence electrons. The van der Waals surface area contributed by atoms with Crippen LogP contribution in [-0.2, 0) is 23.9 Å². The van der Waals surface area contributed by atoms with Crippen molar-refractivity contribution >= 4 is 18.5 Å². The maximum Gasteiger partial charge on any atom is 0.336 e. The van der Waals surface area contributed by atoms with Gasteiger partial charge in [-0.25, -0.2) is 4.79 Å². The summed E-state index contributed by atoms with van der Waals surface area (Å²) < 4.78 is 11.1. The molecule has 0 amide bonds. The van der Waals surface area contributed by atoms with Crippen LogP contribution in [0.1, 0.15) is 55.6 Å². The van der Waals surface area contributed by atoms with Crippen LogP contribution in [0.5, 0.6) is 0 Å². The summed E-state index contributed by atoms with van der Waals surface area (Å²) in [5.41, 5.74) is 4.11. The van der Waals surface area contributed by atoms with Gasteiger partial charge >= 0.3 is 5.97 Å². The highest BCUT2D eigenvalue weighted by Crippen LogP contribution is 2.47. The highest BCUT2D eigenvalue weighted by molar-refractivity contribution is 5.85. The van der Waals surface area contributed by atoms with Crippen molar-refractivity contribution in [2.45, 2.75) is 56.7 Å². The summed E-state index contributed by atoms with van der Waals surface area (Å²) in [6, 6.07) is 15.8. The topological polar surface area (TPSA) is 69.7 Å². The number of benzene rings is 2. The predicted molar refractivity (Wildman–Crippen MR) is 113 cm³/mol. The van der Waals surface area contributed by atoms with Gasteiger partial charge in [0.05, 0.1) is 7.11 Å². The van der Waals surface area contributed by atoms with Crippen molar-refractivity contribution in [2.75, 3.05) is 7.11 Å². The van der Waals surface area contributed by atoms with Gasteiger partial charge in [-0.3, -0.25) is 9.59 Å². The smallest absolute Gasteiger partial charge is 0.336 e. The Morgan fingerprint density at radius 3 is 2.10 bits per heavy atom. The largest absolute Gasteiger partial charge is 0.467 e. The Labute approximate surface area is 177 Å². The van der Waals surface area contributed by atoms with Gasteiger partial charge in [0.2, 0.25) is 6.29 Å². The third kappa shape index (κ3) is 4.85. The van der Waals surface area contributed by atoms with E-state index in [4.69, 9.17) is 9.47 Å². The number of methoxy groups -OCH3 is 1. The van der Waals surface area contributed by atoms with Crippen LogP contribution in [0.2, 0.25) is 0 Å². The molecule has 0 aliphatic heterocycles. The van der Waals surface area contributed by atoms with Crippen LogP contribution in [0.3, 0.4) is 0 Å². The molecule has 0 saturated carbocycles. The number of hydrogen-bond acceptors (Lipinski definition) is 5. The van der Waals surface area contributed by atoms with Crippen LogP contribution in [0.4, 0.5) is 0 Å². The Morgan fingerprint density at radius 1 is 0.933 bits per heavy atom. The zero-order valence-electron chi connectivity index (χ0n) is 17.1. The van der Waals surface area contributed by atoms with Crippen molar-refractivity contribution in [1.82, 2.24) is 0 Å². The Balaban J connectivity index is 1.78. The number of hydrogen-bond donors (Lipinski definition) is 0. The Kier molecular flexibility index (Phi) is 7.91. The molecule has 3 rings (SSSR count). The van der Waals surface area contributed by atoms with Gasteiger partial charge in [0.1, 0.15) is 6.10 Å². The number of unbranched alkanes of at least 4 members (excludes halogenated alkanes) is 4. The van der Waals surface area contributed by atoms with Crippen LogP contribution in [0.15, 0.2) is 48.5 Å². The van der Waals surface area contributed by atoms with Crippen LogP contribution in [0.25, 0.3) is 11.1 Å². The van der Waals surface area contributed by atoms with E-state index in [1.54, 1.807) is 0 Å². The summed E-state index contributed by atoms with van der Waals surface area (Å²) >= 11 is 0. The molecule has 0 fully saturated rings. The van der Waals surface area contributed by atoms with E-state index in [1.165, 1.54) is 7.11 Å². The molecule has 1 aliphatic rings. The number of carbonyl (C=O) groups excluding carboxylic acids is 3. The Hall–Kier alpha value is -2.79. The molecule has 0 aromatic heterocycles. The lowest BCUT2D eigenvalue weighted by Crippen LogP contribution is -2.36. The Morgan fingerprint density at radius 2 is 1.53 bits per heavy atom. The van der Waals surface area contributed by atoms with E-state index in [-0.39, 0.29) is 5.92 Å². The van der Waals surface area contributed by atoms with Crippen LogP contribution >= 0.6 is 0 Å². The van der Waals surface area contributed by atoms with E-state index in [9.17, 15) is 14.4 Å². The molecule has 1 aliphatic carbocycles. The zero-order chi connectivity index (χ0) is 21.3. The predicted octanol–water partition coefficient (Wildman–Crippen LogP) is 4.29. The summed E-state index contributed by atoms with van der Waals surface area (Å²) in [7, 11) is 1.33. The second kappa shape index (κ2) is 10.8. The number of ether oxygens (including phenoxy) is 2. The molecule has 0 heterocycles. The average Bonchev–Trinajstić information content (AvgIpc) is 3.12.